The fourth-order valence-electron chi connectivity index (χ4n) is 1.55. The largest absolute Gasteiger partial charge is 0.387 e. The van der Waals surface area contributed by atoms with E-state index in [4.69, 9.17) is 10.2 Å². The Morgan fingerprint density at radius 2 is 1.33 bits per heavy atom. The fourth-order valence-corrected chi connectivity index (χ4v) is 1.55. The SMILES string of the molecule is CCCCCCCC(=O)N(C(=O)CO)C(=O)CO. The average molecular weight is 259 g/mol. The van der Waals surface area contributed by atoms with E-state index < -0.39 is 30.9 Å². The Kier molecular flexibility index (Phi) is 9.04. The highest BCUT2D eigenvalue weighted by Crippen LogP contribution is 2.07. The third-order valence-electron chi connectivity index (χ3n) is 2.51. The Hall–Kier alpha value is -1.27. The molecule has 3 amide bonds. The van der Waals surface area contributed by atoms with Crippen LogP contribution in [-0.2, 0) is 14.4 Å². The van der Waals surface area contributed by atoms with Gasteiger partial charge in [0, 0.05) is 6.42 Å². The van der Waals surface area contributed by atoms with Gasteiger partial charge in [-0.25, -0.2) is 4.90 Å². The summed E-state index contributed by atoms with van der Waals surface area (Å²) in [4.78, 5) is 34.4. The molecule has 0 spiro atoms. The van der Waals surface area contributed by atoms with Crippen LogP contribution in [0.2, 0.25) is 0 Å². The molecule has 0 radical (unpaired) electrons. The minimum atomic E-state index is -0.993. The van der Waals surface area contributed by atoms with Gasteiger partial charge in [0.2, 0.25) is 5.91 Å². The summed E-state index contributed by atoms with van der Waals surface area (Å²) in [6.07, 6.45) is 4.70. The predicted molar refractivity (Wildman–Crippen MR) is 64.4 cm³/mol. The van der Waals surface area contributed by atoms with Crippen LogP contribution in [-0.4, -0.2) is 46.0 Å². The van der Waals surface area contributed by atoms with Crippen molar-refractivity contribution in [3.05, 3.63) is 0 Å². The lowest BCUT2D eigenvalue weighted by molar-refractivity contribution is -0.156. The number of imide groups is 3. The van der Waals surface area contributed by atoms with Crippen LogP contribution in [0.25, 0.3) is 0 Å². The molecule has 0 aliphatic heterocycles. The van der Waals surface area contributed by atoms with Crippen molar-refractivity contribution in [1.29, 1.82) is 0 Å². The highest BCUT2D eigenvalue weighted by molar-refractivity contribution is 6.11. The maximum absolute atomic E-state index is 11.6. The second kappa shape index (κ2) is 9.73. The van der Waals surface area contributed by atoms with Gasteiger partial charge in [-0.3, -0.25) is 14.4 Å². The van der Waals surface area contributed by atoms with Crippen molar-refractivity contribution < 1.29 is 24.6 Å². The van der Waals surface area contributed by atoms with Crippen molar-refractivity contribution in [2.24, 2.45) is 0 Å². The molecule has 0 fully saturated rings. The number of hydrogen-bond donors (Lipinski definition) is 2. The third-order valence-corrected chi connectivity index (χ3v) is 2.51. The number of rotatable bonds is 8. The zero-order valence-corrected chi connectivity index (χ0v) is 10.7. The standard InChI is InChI=1S/C12H21NO5/c1-2-3-4-5-6-7-10(16)13(11(17)8-14)12(18)9-15/h14-15H,2-9H2,1H3. The molecule has 0 saturated carbocycles. The Balaban J connectivity index is 4.22. The summed E-state index contributed by atoms with van der Waals surface area (Å²) < 4.78 is 0. The molecule has 6 heteroatoms. The quantitative estimate of drug-likeness (QED) is 0.608. The lowest BCUT2D eigenvalue weighted by Gasteiger charge is -2.16. The normalized spacial score (nSPS) is 10.2. The Morgan fingerprint density at radius 1 is 0.833 bits per heavy atom. The average Bonchev–Trinajstić information content (AvgIpc) is 2.38. The monoisotopic (exact) mass is 259 g/mol. The van der Waals surface area contributed by atoms with E-state index in [0.717, 1.165) is 25.7 Å². The molecule has 6 nitrogen and oxygen atoms in total. The molecule has 0 aliphatic rings. The van der Waals surface area contributed by atoms with Gasteiger partial charge in [-0.2, -0.15) is 0 Å². The van der Waals surface area contributed by atoms with E-state index in [-0.39, 0.29) is 6.42 Å². The molecular formula is C12H21NO5. The minimum absolute atomic E-state index is 0.0706. The van der Waals surface area contributed by atoms with Crippen molar-refractivity contribution in [3.63, 3.8) is 0 Å². The van der Waals surface area contributed by atoms with Crippen molar-refractivity contribution in [1.82, 2.24) is 4.90 Å². The number of hydrogen-bond acceptors (Lipinski definition) is 5. The first-order valence-electron chi connectivity index (χ1n) is 6.18. The first kappa shape index (κ1) is 16.7. The van der Waals surface area contributed by atoms with Crippen LogP contribution in [0.3, 0.4) is 0 Å². The van der Waals surface area contributed by atoms with Crippen LogP contribution >= 0.6 is 0 Å². The molecule has 0 aromatic rings. The van der Waals surface area contributed by atoms with Crippen LogP contribution in [0.15, 0.2) is 0 Å². The smallest absolute Gasteiger partial charge is 0.261 e. The summed E-state index contributed by atoms with van der Waals surface area (Å²) in [5.41, 5.74) is 0. The van der Waals surface area contributed by atoms with E-state index in [1.807, 2.05) is 0 Å². The number of aliphatic hydroxyl groups excluding tert-OH is 2. The lowest BCUT2D eigenvalue weighted by Crippen LogP contribution is -2.44. The summed E-state index contributed by atoms with van der Waals surface area (Å²) in [7, 11) is 0. The summed E-state index contributed by atoms with van der Waals surface area (Å²) >= 11 is 0. The van der Waals surface area contributed by atoms with Gasteiger partial charge in [-0.15, -0.1) is 0 Å². The molecule has 2 N–H and O–H groups in total. The first-order valence-corrected chi connectivity index (χ1v) is 6.18. The Morgan fingerprint density at radius 3 is 1.78 bits per heavy atom. The molecular weight excluding hydrogens is 238 g/mol. The highest BCUT2D eigenvalue weighted by Gasteiger charge is 2.26. The van der Waals surface area contributed by atoms with E-state index in [9.17, 15) is 14.4 Å². The number of carbonyl (C=O) groups is 3. The van der Waals surface area contributed by atoms with E-state index in [1.54, 1.807) is 0 Å². The summed E-state index contributed by atoms with van der Waals surface area (Å²) in [6, 6.07) is 0. The van der Waals surface area contributed by atoms with Gasteiger partial charge in [-0.05, 0) is 6.42 Å². The molecule has 0 rings (SSSR count). The molecule has 0 bridgehead atoms. The van der Waals surface area contributed by atoms with Crippen LogP contribution in [0.1, 0.15) is 45.4 Å². The lowest BCUT2D eigenvalue weighted by atomic mass is 10.1. The second-order valence-corrected chi connectivity index (χ2v) is 4.00. The van der Waals surface area contributed by atoms with Crippen molar-refractivity contribution in [2.75, 3.05) is 13.2 Å². The Bertz CT molecular complexity index is 274. The van der Waals surface area contributed by atoms with Gasteiger partial charge in [0.15, 0.2) is 0 Å². The highest BCUT2D eigenvalue weighted by atomic mass is 16.3. The zero-order valence-electron chi connectivity index (χ0n) is 10.7. The van der Waals surface area contributed by atoms with Gasteiger partial charge in [0.25, 0.3) is 11.8 Å². The topological polar surface area (TPSA) is 94.9 Å². The Labute approximate surface area is 107 Å². The van der Waals surface area contributed by atoms with Gasteiger partial charge in [0.1, 0.15) is 13.2 Å². The van der Waals surface area contributed by atoms with E-state index in [2.05, 4.69) is 6.92 Å². The maximum Gasteiger partial charge on any atom is 0.261 e. The van der Waals surface area contributed by atoms with Crippen molar-refractivity contribution in [2.45, 2.75) is 45.4 Å². The van der Waals surface area contributed by atoms with Gasteiger partial charge < -0.3 is 10.2 Å². The number of nitrogens with zero attached hydrogens (tertiary/aromatic N) is 1. The summed E-state index contributed by atoms with van der Waals surface area (Å²) in [6.45, 7) is 0.230. The molecule has 18 heavy (non-hydrogen) atoms. The van der Waals surface area contributed by atoms with Gasteiger partial charge >= 0.3 is 0 Å². The minimum Gasteiger partial charge on any atom is -0.387 e. The van der Waals surface area contributed by atoms with Gasteiger partial charge in [0.05, 0.1) is 0 Å². The van der Waals surface area contributed by atoms with Crippen LogP contribution < -0.4 is 0 Å². The molecule has 0 aliphatic carbocycles. The molecule has 0 atom stereocenters. The fraction of sp³-hybridized carbons (Fsp3) is 0.750. The van der Waals surface area contributed by atoms with E-state index >= 15 is 0 Å². The van der Waals surface area contributed by atoms with Crippen LogP contribution in [0.5, 0.6) is 0 Å². The second-order valence-electron chi connectivity index (χ2n) is 4.00. The van der Waals surface area contributed by atoms with Crippen LogP contribution in [0, 0.1) is 0 Å². The molecule has 104 valence electrons. The molecule has 0 unspecified atom stereocenters. The maximum atomic E-state index is 11.6. The third kappa shape index (κ3) is 5.88. The van der Waals surface area contributed by atoms with Crippen molar-refractivity contribution >= 4 is 17.7 Å². The summed E-state index contributed by atoms with van der Waals surface area (Å²) in [5, 5.41) is 17.3. The number of amides is 3. The predicted octanol–water partition coefficient (Wildman–Crippen LogP) is 0.213. The molecule has 0 aromatic heterocycles. The molecule has 0 aromatic carbocycles. The number of aliphatic hydroxyl groups is 2. The number of carbonyl (C=O) groups excluding carboxylic acids is 3. The molecule has 0 heterocycles. The van der Waals surface area contributed by atoms with E-state index in [1.165, 1.54) is 0 Å². The van der Waals surface area contributed by atoms with E-state index in [0.29, 0.717) is 11.3 Å². The molecule has 0 saturated heterocycles. The van der Waals surface area contributed by atoms with Crippen LogP contribution in [0.4, 0.5) is 0 Å². The number of unbranched alkanes of at least 4 members (excludes halogenated alkanes) is 4. The van der Waals surface area contributed by atoms with Gasteiger partial charge in [-0.1, -0.05) is 32.6 Å². The summed E-state index contributed by atoms with van der Waals surface area (Å²) in [5.74, 6) is -2.65. The first-order chi connectivity index (χ1) is 8.58. The zero-order chi connectivity index (χ0) is 14.0. The van der Waals surface area contributed by atoms with Crippen molar-refractivity contribution in [3.8, 4) is 0 Å².